The molecule has 2 heterocycles. The number of hydrogen-bond acceptors (Lipinski definition) is 4. The molecule has 2 aromatic rings. The fraction of sp³-hybridized carbons (Fsp3) is 0.367. The summed E-state index contributed by atoms with van der Waals surface area (Å²) < 4.78 is 5.54. The molecule has 1 saturated carbocycles. The van der Waals surface area contributed by atoms with Gasteiger partial charge in [0.05, 0.1) is 22.7 Å². The van der Waals surface area contributed by atoms with Crippen LogP contribution in [0, 0.1) is 5.41 Å². The van der Waals surface area contributed by atoms with Gasteiger partial charge in [-0.2, -0.15) is 0 Å². The van der Waals surface area contributed by atoms with Crippen LogP contribution in [0.1, 0.15) is 63.6 Å². The summed E-state index contributed by atoms with van der Waals surface area (Å²) in [5.41, 5.74) is 3.75. The summed E-state index contributed by atoms with van der Waals surface area (Å²) in [5, 5.41) is 3.69. The molecule has 5 nitrogen and oxygen atoms in total. The lowest BCUT2D eigenvalue weighted by Gasteiger charge is -2.43. The van der Waals surface area contributed by atoms with Crippen molar-refractivity contribution in [2.24, 2.45) is 15.4 Å². The third kappa shape index (κ3) is 4.53. The molecule has 0 bridgehead atoms. The van der Waals surface area contributed by atoms with Gasteiger partial charge in [-0.15, -0.1) is 0 Å². The van der Waals surface area contributed by atoms with Gasteiger partial charge in [0.1, 0.15) is 10.8 Å². The van der Waals surface area contributed by atoms with E-state index in [1.807, 2.05) is 45.0 Å². The Hall–Kier alpha value is -3.18. The van der Waals surface area contributed by atoms with Gasteiger partial charge in [-0.05, 0) is 64.2 Å². The Bertz CT molecular complexity index is 1280. The zero-order valence-corrected chi connectivity index (χ0v) is 22.0. The zero-order chi connectivity index (χ0) is 25.6. The number of dihydropyridines is 1. The molecule has 2 aliphatic heterocycles. The Kier molecular flexibility index (Phi) is 6.16. The maximum atomic E-state index is 12.6. The first kappa shape index (κ1) is 24.5. The molecule has 0 aromatic heterocycles. The summed E-state index contributed by atoms with van der Waals surface area (Å²) >= 11 is 6.59. The van der Waals surface area contributed by atoms with Crippen molar-refractivity contribution in [2.75, 3.05) is 0 Å². The quantitative estimate of drug-likeness (QED) is 0.489. The van der Waals surface area contributed by atoms with Crippen molar-refractivity contribution in [1.82, 2.24) is 5.32 Å². The number of carbonyl (C=O) groups is 1. The second-order valence-electron chi connectivity index (χ2n) is 11.0. The molecule has 1 amide bonds. The van der Waals surface area contributed by atoms with E-state index < -0.39 is 11.0 Å². The van der Waals surface area contributed by atoms with Gasteiger partial charge in [0, 0.05) is 17.3 Å². The first-order valence-corrected chi connectivity index (χ1v) is 12.9. The van der Waals surface area contributed by atoms with Crippen LogP contribution in [0.3, 0.4) is 0 Å². The SMILES string of the molecule is CC(C)(C)OC(=O)NC1(c2ccc(C3=NC4C=CN=C(Cl)C4(C)C=C3c3ccccc3)cc2)CCC1. The molecular formula is C30H32ClN3O2. The van der Waals surface area contributed by atoms with Crippen LogP contribution in [0.4, 0.5) is 4.79 Å². The molecule has 2 atom stereocenters. The zero-order valence-electron chi connectivity index (χ0n) is 21.2. The van der Waals surface area contributed by atoms with E-state index in [-0.39, 0.29) is 17.7 Å². The van der Waals surface area contributed by atoms with E-state index in [2.05, 4.69) is 59.7 Å². The molecular weight excluding hydrogens is 470 g/mol. The maximum Gasteiger partial charge on any atom is 0.408 e. The number of amides is 1. The highest BCUT2D eigenvalue weighted by atomic mass is 35.5. The minimum Gasteiger partial charge on any atom is -0.444 e. The van der Waals surface area contributed by atoms with Crippen LogP contribution < -0.4 is 5.32 Å². The van der Waals surface area contributed by atoms with E-state index in [0.29, 0.717) is 5.17 Å². The van der Waals surface area contributed by atoms with Crippen LogP contribution in [0.25, 0.3) is 5.57 Å². The van der Waals surface area contributed by atoms with E-state index in [4.69, 9.17) is 21.3 Å². The fourth-order valence-corrected chi connectivity index (χ4v) is 5.30. The number of rotatable bonds is 4. The number of ether oxygens (including phenoxy) is 1. The van der Waals surface area contributed by atoms with Crippen molar-refractivity contribution in [3.63, 3.8) is 0 Å². The van der Waals surface area contributed by atoms with Crippen LogP contribution in [-0.2, 0) is 10.3 Å². The minimum atomic E-state index is -0.534. The Morgan fingerprint density at radius 1 is 1.06 bits per heavy atom. The lowest BCUT2D eigenvalue weighted by Crippen LogP contribution is -2.52. The van der Waals surface area contributed by atoms with E-state index in [1.165, 1.54) is 0 Å². The summed E-state index contributed by atoms with van der Waals surface area (Å²) in [7, 11) is 0. The van der Waals surface area contributed by atoms with Crippen LogP contribution >= 0.6 is 11.6 Å². The summed E-state index contributed by atoms with van der Waals surface area (Å²) in [4.78, 5) is 22.1. The minimum absolute atomic E-state index is 0.128. The van der Waals surface area contributed by atoms with Gasteiger partial charge in [0.15, 0.2) is 0 Å². The summed E-state index contributed by atoms with van der Waals surface area (Å²) in [5.74, 6) is 0. The number of hydrogen-bond donors (Lipinski definition) is 1. The molecule has 2 aromatic carbocycles. The second kappa shape index (κ2) is 9.04. The number of nitrogens with zero attached hydrogens (tertiary/aromatic N) is 2. The molecule has 1 fully saturated rings. The normalized spacial score (nSPS) is 24.5. The van der Waals surface area contributed by atoms with Crippen molar-refractivity contribution < 1.29 is 9.53 Å². The van der Waals surface area contributed by atoms with Crippen LogP contribution in [0.2, 0.25) is 0 Å². The Morgan fingerprint density at radius 2 is 1.75 bits per heavy atom. The number of carbonyl (C=O) groups excluding carboxylic acids is 1. The van der Waals surface area contributed by atoms with Gasteiger partial charge in [-0.3, -0.25) is 4.99 Å². The van der Waals surface area contributed by atoms with E-state index in [0.717, 1.165) is 47.2 Å². The summed E-state index contributed by atoms with van der Waals surface area (Å²) in [6, 6.07) is 18.6. The maximum absolute atomic E-state index is 12.6. The molecule has 3 aliphatic rings. The summed E-state index contributed by atoms with van der Waals surface area (Å²) in [6.45, 7) is 7.72. The topological polar surface area (TPSA) is 63.0 Å². The van der Waals surface area contributed by atoms with E-state index >= 15 is 0 Å². The molecule has 6 heteroatoms. The van der Waals surface area contributed by atoms with E-state index in [1.54, 1.807) is 6.20 Å². The number of aliphatic imine (C=N–C) groups is 2. The molecule has 5 rings (SSSR count). The molecule has 186 valence electrons. The second-order valence-corrected chi connectivity index (χ2v) is 11.4. The highest BCUT2D eigenvalue weighted by Crippen LogP contribution is 2.43. The Morgan fingerprint density at radius 3 is 2.36 bits per heavy atom. The van der Waals surface area contributed by atoms with Gasteiger partial charge in [0.2, 0.25) is 0 Å². The standard InChI is InChI=1S/C30H32ClN3O2/c1-28(2,3)36-27(35)34-30(16-8-17-30)22-13-11-21(12-14-22)25-23(20-9-6-5-7-10-20)19-29(4)24(33-25)15-18-32-26(29)31/h5-7,9-15,18-19,24H,8,16-17H2,1-4H3,(H,34,35). The van der Waals surface area contributed by atoms with Gasteiger partial charge in [0.25, 0.3) is 0 Å². The molecule has 2 unspecified atom stereocenters. The number of alkyl carbamates (subject to hydrolysis) is 1. The van der Waals surface area contributed by atoms with Crippen molar-refractivity contribution in [1.29, 1.82) is 0 Å². The Labute approximate surface area is 218 Å². The predicted molar refractivity (Wildman–Crippen MR) is 147 cm³/mol. The van der Waals surface area contributed by atoms with Crippen molar-refractivity contribution in [3.05, 3.63) is 89.6 Å². The van der Waals surface area contributed by atoms with Crippen molar-refractivity contribution in [3.8, 4) is 0 Å². The smallest absolute Gasteiger partial charge is 0.408 e. The molecule has 1 N–H and O–H groups in total. The monoisotopic (exact) mass is 501 g/mol. The number of halogens is 1. The van der Waals surface area contributed by atoms with Gasteiger partial charge >= 0.3 is 6.09 Å². The van der Waals surface area contributed by atoms with E-state index in [9.17, 15) is 4.79 Å². The molecule has 1 aliphatic carbocycles. The molecule has 0 saturated heterocycles. The number of benzene rings is 2. The largest absolute Gasteiger partial charge is 0.444 e. The van der Waals surface area contributed by atoms with Crippen molar-refractivity contribution in [2.45, 2.75) is 64.1 Å². The third-order valence-corrected chi connectivity index (χ3v) is 7.73. The van der Waals surface area contributed by atoms with Gasteiger partial charge in [-0.1, -0.05) is 72.3 Å². The first-order valence-electron chi connectivity index (χ1n) is 12.5. The average Bonchev–Trinajstić information content (AvgIpc) is 2.81. The first-order chi connectivity index (χ1) is 17.1. The lowest BCUT2D eigenvalue weighted by atomic mass is 9.71. The van der Waals surface area contributed by atoms with Crippen LogP contribution in [0.5, 0.6) is 0 Å². The molecule has 0 radical (unpaired) electrons. The fourth-order valence-electron chi connectivity index (χ4n) is 5.08. The highest BCUT2D eigenvalue weighted by Gasteiger charge is 2.43. The van der Waals surface area contributed by atoms with Gasteiger partial charge in [-0.25, -0.2) is 9.79 Å². The molecule has 36 heavy (non-hydrogen) atoms. The highest BCUT2D eigenvalue weighted by molar-refractivity contribution is 6.67. The number of nitrogens with one attached hydrogen (secondary N) is 1. The van der Waals surface area contributed by atoms with Gasteiger partial charge < -0.3 is 10.1 Å². The lowest BCUT2D eigenvalue weighted by molar-refractivity contribution is 0.0377. The number of allylic oxidation sites excluding steroid dienone is 1. The third-order valence-electron chi connectivity index (χ3n) is 7.23. The Balaban J connectivity index is 1.48. The van der Waals surface area contributed by atoms with Crippen molar-refractivity contribution >= 4 is 34.1 Å². The number of fused-ring (bicyclic) bond motifs is 1. The average molecular weight is 502 g/mol. The summed E-state index contributed by atoms with van der Waals surface area (Å²) in [6.07, 6.45) is 8.43. The van der Waals surface area contributed by atoms with Crippen LogP contribution in [0.15, 0.2) is 82.9 Å². The predicted octanol–water partition coefficient (Wildman–Crippen LogP) is 7.02. The van der Waals surface area contributed by atoms with Crippen LogP contribution in [-0.4, -0.2) is 28.6 Å². The molecule has 0 spiro atoms.